The average molecular weight is 501 g/mol. The van der Waals surface area contributed by atoms with Crippen LogP contribution < -0.4 is 24.8 Å². The van der Waals surface area contributed by atoms with Gasteiger partial charge in [-0.15, -0.1) is 0 Å². The molecule has 29 heavy (non-hydrogen) atoms. The summed E-state index contributed by atoms with van der Waals surface area (Å²) in [5, 5.41) is 0. The van der Waals surface area contributed by atoms with Gasteiger partial charge in [-0.25, -0.2) is 0 Å². The molecule has 2 aliphatic carbocycles. The fourth-order valence-corrected chi connectivity index (χ4v) is 10.2. The molecule has 2 unspecified atom stereocenters. The third-order valence-corrected chi connectivity index (χ3v) is 10.1. The number of hydrogen-bond acceptors (Lipinski definition) is 0. The van der Waals surface area contributed by atoms with Gasteiger partial charge in [0.1, 0.15) is 0 Å². The molecule has 2 aromatic carbocycles. The molecular weight excluding hydrogens is 474 g/mol. The minimum atomic E-state index is -0.892. The van der Waals surface area contributed by atoms with Crippen LogP contribution in [0.25, 0.3) is 0 Å². The Labute approximate surface area is 199 Å². The van der Waals surface area contributed by atoms with E-state index in [1.54, 1.807) is 0 Å². The molecule has 0 heterocycles. The summed E-state index contributed by atoms with van der Waals surface area (Å²) in [4.78, 5) is 0. The molecule has 0 amide bonds. The van der Waals surface area contributed by atoms with Crippen molar-refractivity contribution in [1.82, 2.24) is 0 Å². The maximum atomic E-state index is 2.56. The van der Waals surface area contributed by atoms with Crippen molar-refractivity contribution in [2.24, 2.45) is 0 Å². The van der Waals surface area contributed by atoms with Gasteiger partial charge in [-0.2, -0.15) is 0 Å². The fraction of sp³-hybridized carbons (Fsp3) is 0.231. The molecular formula is C26H26Cl2Zr. The molecule has 2 aliphatic rings. The third-order valence-electron chi connectivity index (χ3n) is 5.40. The van der Waals surface area contributed by atoms with Crippen LogP contribution in [0, 0.1) is 0 Å². The van der Waals surface area contributed by atoms with Crippen LogP contribution in [0.3, 0.4) is 0 Å². The second-order valence-electron chi connectivity index (χ2n) is 7.97. The fourth-order valence-electron chi connectivity index (χ4n) is 4.33. The minimum absolute atomic E-state index is 0. The first-order chi connectivity index (χ1) is 13.1. The molecule has 0 aromatic heterocycles. The van der Waals surface area contributed by atoms with E-state index in [1.165, 1.54) is 22.3 Å². The summed E-state index contributed by atoms with van der Waals surface area (Å²) in [5.41, 5.74) is 5.74. The summed E-state index contributed by atoms with van der Waals surface area (Å²) in [6, 6.07) is 22.0. The van der Waals surface area contributed by atoms with E-state index in [9.17, 15) is 0 Å². The molecule has 0 aliphatic heterocycles. The number of hydrogen-bond donors (Lipinski definition) is 0. The predicted octanol–water partition coefficient (Wildman–Crippen LogP) is 0.912. The Hall–Kier alpha value is -1.14. The monoisotopic (exact) mass is 498 g/mol. The van der Waals surface area contributed by atoms with Crippen molar-refractivity contribution in [3.05, 3.63) is 119 Å². The first kappa shape index (κ1) is 24.1. The van der Waals surface area contributed by atoms with E-state index >= 15 is 0 Å². The quantitative estimate of drug-likeness (QED) is 0.554. The van der Waals surface area contributed by atoms with E-state index < -0.39 is 23.2 Å². The Morgan fingerprint density at radius 1 is 0.621 bits per heavy atom. The Bertz CT molecular complexity index is 850. The second-order valence-corrected chi connectivity index (χ2v) is 13.2. The second kappa shape index (κ2) is 10.3. The van der Waals surface area contributed by atoms with E-state index in [2.05, 4.69) is 111 Å². The van der Waals surface area contributed by atoms with E-state index in [4.69, 9.17) is 0 Å². The Morgan fingerprint density at radius 3 is 1.31 bits per heavy atom. The molecule has 148 valence electrons. The zero-order valence-electron chi connectivity index (χ0n) is 16.9. The van der Waals surface area contributed by atoms with Gasteiger partial charge in [-0.05, 0) is 0 Å². The SMILES string of the molecule is CC1=C[C](Cc2ccccc2)([Zr+2][C]2(Cc3ccccc3)C=CC(C)=C2)C=C1.[Cl-].[Cl-]. The molecule has 2 atom stereocenters. The van der Waals surface area contributed by atoms with Crippen molar-refractivity contribution in [1.29, 1.82) is 0 Å². The molecule has 2 aromatic rings. The largest absolute Gasteiger partial charge is 1.00 e. The van der Waals surface area contributed by atoms with Gasteiger partial charge in [0.2, 0.25) is 0 Å². The summed E-state index contributed by atoms with van der Waals surface area (Å²) in [6.07, 6.45) is 17.1. The van der Waals surface area contributed by atoms with Crippen LogP contribution in [0.2, 0.25) is 6.25 Å². The topological polar surface area (TPSA) is 0 Å². The van der Waals surface area contributed by atoms with E-state index in [0.717, 1.165) is 12.8 Å². The first-order valence-electron chi connectivity index (χ1n) is 9.71. The van der Waals surface area contributed by atoms with Crippen LogP contribution in [0.4, 0.5) is 0 Å². The molecule has 0 nitrogen and oxygen atoms in total. The van der Waals surface area contributed by atoms with Crippen LogP contribution >= 0.6 is 0 Å². The number of allylic oxidation sites excluding steroid dienone is 8. The Kier molecular flexibility index (Phi) is 8.53. The summed E-state index contributed by atoms with van der Waals surface area (Å²) in [6.45, 7) is 4.50. The standard InChI is InChI=1S/2C13H13.2ClH.Zr/c2*1-11-7-8-13(9-11)10-12-5-3-2-4-6-12;;;/h2*2-9H,10H2,1H3;2*1H;/q;;;;+2/p-2. The van der Waals surface area contributed by atoms with Gasteiger partial charge < -0.3 is 24.8 Å². The molecule has 0 saturated carbocycles. The van der Waals surface area contributed by atoms with E-state index in [0.29, 0.717) is 0 Å². The number of rotatable bonds is 6. The molecule has 0 saturated heterocycles. The van der Waals surface area contributed by atoms with Crippen LogP contribution in [0.5, 0.6) is 0 Å². The first-order valence-corrected chi connectivity index (χ1v) is 12.2. The summed E-state index contributed by atoms with van der Waals surface area (Å²) in [5.74, 6) is 0. The van der Waals surface area contributed by atoms with Crippen LogP contribution in [-0.4, -0.2) is 0 Å². The molecule has 0 bridgehead atoms. The summed E-state index contributed by atoms with van der Waals surface area (Å²) >= 11 is -0.892. The maximum absolute atomic E-state index is 2.56. The molecule has 0 fully saturated rings. The van der Waals surface area contributed by atoms with Crippen molar-refractivity contribution in [3.63, 3.8) is 0 Å². The average Bonchev–Trinajstić information content (AvgIpc) is 3.19. The molecule has 4 rings (SSSR count). The molecule has 0 N–H and O–H groups in total. The van der Waals surface area contributed by atoms with Gasteiger partial charge in [0, 0.05) is 0 Å². The maximum Gasteiger partial charge on any atom is -1.00 e. The zero-order valence-corrected chi connectivity index (χ0v) is 20.9. The van der Waals surface area contributed by atoms with Gasteiger partial charge in [-0.1, -0.05) is 0 Å². The van der Waals surface area contributed by atoms with Crippen LogP contribution in [0.15, 0.2) is 108 Å². The van der Waals surface area contributed by atoms with Crippen molar-refractivity contribution in [3.8, 4) is 0 Å². The number of halogens is 2. The minimum Gasteiger partial charge on any atom is -1.00 e. The summed E-state index contributed by atoms with van der Waals surface area (Å²) < 4.78 is 0.490. The van der Waals surface area contributed by atoms with Crippen LogP contribution in [-0.2, 0) is 36.1 Å². The third kappa shape index (κ3) is 5.94. The normalized spacial score (nSPS) is 24.2. The van der Waals surface area contributed by atoms with Crippen molar-refractivity contribution >= 4 is 0 Å². The van der Waals surface area contributed by atoms with E-state index in [1.807, 2.05) is 0 Å². The van der Waals surface area contributed by atoms with Crippen molar-refractivity contribution in [2.75, 3.05) is 0 Å². The molecule has 3 heteroatoms. The Morgan fingerprint density at radius 2 is 1.00 bits per heavy atom. The number of benzene rings is 2. The summed E-state index contributed by atoms with van der Waals surface area (Å²) in [7, 11) is 0. The van der Waals surface area contributed by atoms with Gasteiger partial charge in [0.25, 0.3) is 0 Å². The van der Waals surface area contributed by atoms with E-state index in [-0.39, 0.29) is 31.1 Å². The zero-order chi connectivity index (χ0) is 18.7. The smallest absolute Gasteiger partial charge is 1.00 e. The van der Waals surface area contributed by atoms with Crippen molar-refractivity contribution < 1.29 is 48.0 Å². The van der Waals surface area contributed by atoms with Gasteiger partial charge in [-0.3, -0.25) is 0 Å². The van der Waals surface area contributed by atoms with Gasteiger partial charge >= 0.3 is 176 Å². The molecule has 0 radical (unpaired) electrons. The Balaban J connectivity index is 0.00000150. The van der Waals surface area contributed by atoms with Gasteiger partial charge in [0.05, 0.1) is 0 Å². The van der Waals surface area contributed by atoms with Crippen molar-refractivity contribution in [2.45, 2.75) is 32.9 Å². The predicted molar refractivity (Wildman–Crippen MR) is 111 cm³/mol. The molecule has 0 spiro atoms. The van der Waals surface area contributed by atoms with Crippen LogP contribution in [0.1, 0.15) is 25.0 Å². The van der Waals surface area contributed by atoms with Gasteiger partial charge in [0.15, 0.2) is 0 Å².